The quantitative estimate of drug-likeness (QED) is 0.251. The summed E-state index contributed by atoms with van der Waals surface area (Å²) in [5, 5.41) is 0.710. The predicted molar refractivity (Wildman–Crippen MR) is 125 cm³/mol. The lowest BCUT2D eigenvalue weighted by Gasteiger charge is -2.05. The Labute approximate surface area is 193 Å². The van der Waals surface area contributed by atoms with Crippen molar-refractivity contribution >= 4 is 56.8 Å². The Morgan fingerprint density at radius 2 is 1.94 bits per heavy atom. The maximum absolute atomic E-state index is 12.5. The molecule has 0 N–H and O–H groups in total. The number of fused-ring (bicyclic) bond motifs is 1. The number of methoxy groups -OCH3 is 2. The van der Waals surface area contributed by atoms with Crippen LogP contribution in [0, 0.1) is 0 Å². The fourth-order valence-corrected chi connectivity index (χ4v) is 5.00. The van der Waals surface area contributed by atoms with E-state index in [0.717, 1.165) is 27.3 Å². The number of thiazole rings is 1. The fourth-order valence-electron chi connectivity index (χ4n) is 2.91. The first kappa shape index (κ1) is 23.5. The summed E-state index contributed by atoms with van der Waals surface area (Å²) in [5.41, 5.74) is 1.37. The maximum atomic E-state index is 12.5. The number of rotatable bonds is 9. The van der Waals surface area contributed by atoms with Gasteiger partial charge >= 0.3 is 5.97 Å². The van der Waals surface area contributed by atoms with Crippen molar-refractivity contribution in [1.82, 2.24) is 4.57 Å². The van der Waals surface area contributed by atoms with Crippen molar-refractivity contribution in [3.8, 4) is 0 Å². The summed E-state index contributed by atoms with van der Waals surface area (Å²) in [6, 6.07) is 13.0. The van der Waals surface area contributed by atoms with Gasteiger partial charge in [0.1, 0.15) is 0 Å². The number of thioether (sulfide) groups is 1. The van der Waals surface area contributed by atoms with Crippen LogP contribution >= 0.6 is 34.7 Å². The summed E-state index contributed by atoms with van der Waals surface area (Å²) in [6.07, 6.45) is 1.09. The Bertz CT molecular complexity index is 1120. The summed E-state index contributed by atoms with van der Waals surface area (Å²) in [6.45, 7) is 1.05. The highest BCUT2D eigenvalue weighted by Gasteiger charge is 2.12. The van der Waals surface area contributed by atoms with E-state index < -0.39 is 5.97 Å². The Hall–Kier alpha value is -2.13. The van der Waals surface area contributed by atoms with Gasteiger partial charge in [-0.05, 0) is 54.6 Å². The summed E-state index contributed by atoms with van der Waals surface area (Å²) in [5.74, 6) is 0.260. The number of esters is 1. The molecule has 0 saturated carbocycles. The van der Waals surface area contributed by atoms with Crippen molar-refractivity contribution in [3.05, 3.63) is 57.9 Å². The molecule has 0 atom stereocenters. The lowest BCUT2D eigenvalue weighted by Crippen LogP contribution is -2.19. The van der Waals surface area contributed by atoms with Crippen LogP contribution in [-0.2, 0) is 20.8 Å². The second-order valence-corrected chi connectivity index (χ2v) is 9.23. The molecule has 0 spiro atoms. The predicted octanol–water partition coefficient (Wildman–Crippen LogP) is 4.79. The largest absolute Gasteiger partial charge is 0.465 e. The van der Waals surface area contributed by atoms with Crippen molar-refractivity contribution in [2.75, 3.05) is 26.6 Å². The molecule has 3 aromatic rings. The summed E-state index contributed by atoms with van der Waals surface area (Å²) in [7, 11) is 2.98. The average Bonchev–Trinajstić information content (AvgIpc) is 3.11. The SMILES string of the molecule is COCCn1c(=NC(=O)CCCSc2ccc(Cl)cc2)sc2cc(C(=O)OC)ccc21. The molecular weight excluding hydrogens is 456 g/mol. The number of amides is 1. The minimum Gasteiger partial charge on any atom is -0.465 e. The van der Waals surface area contributed by atoms with Crippen LogP contribution in [0.5, 0.6) is 0 Å². The van der Waals surface area contributed by atoms with Crippen molar-refractivity contribution in [1.29, 1.82) is 0 Å². The molecular formula is C22H23ClN2O4S2. The normalized spacial score (nSPS) is 11.8. The molecule has 0 aliphatic rings. The monoisotopic (exact) mass is 478 g/mol. The molecule has 0 aliphatic carbocycles. The van der Waals surface area contributed by atoms with Gasteiger partial charge in [0, 0.05) is 30.0 Å². The zero-order chi connectivity index (χ0) is 22.2. The highest BCUT2D eigenvalue weighted by atomic mass is 35.5. The average molecular weight is 479 g/mol. The smallest absolute Gasteiger partial charge is 0.337 e. The molecule has 1 amide bonds. The number of halogens is 1. The topological polar surface area (TPSA) is 69.9 Å². The van der Waals surface area contributed by atoms with Gasteiger partial charge in [0.05, 0.1) is 29.5 Å². The third-order valence-corrected chi connectivity index (χ3v) is 6.85. The van der Waals surface area contributed by atoms with E-state index in [9.17, 15) is 9.59 Å². The van der Waals surface area contributed by atoms with E-state index in [1.807, 2.05) is 34.9 Å². The first-order chi connectivity index (χ1) is 15.0. The van der Waals surface area contributed by atoms with E-state index in [0.29, 0.717) is 35.0 Å². The van der Waals surface area contributed by atoms with Gasteiger partial charge in [-0.1, -0.05) is 22.9 Å². The van der Waals surface area contributed by atoms with Crippen LogP contribution in [0.2, 0.25) is 5.02 Å². The van der Waals surface area contributed by atoms with Crippen LogP contribution in [0.4, 0.5) is 0 Å². The zero-order valence-electron chi connectivity index (χ0n) is 17.3. The molecule has 0 aliphatic heterocycles. The molecule has 3 rings (SSSR count). The third kappa shape index (κ3) is 6.43. The van der Waals surface area contributed by atoms with Crippen molar-refractivity contribution < 1.29 is 19.1 Å². The zero-order valence-corrected chi connectivity index (χ0v) is 19.7. The number of aromatic nitrogens is 1. The van der Waals surface area contributed by atoms with Crippen LogP contribution in [-0.4, -0.2) is 43.0 Å². The van der Waals surface area contributed by atoms with Crippen LogP contribution < -0.4 is 4.80 Å². The van der Waals surface area contributed by atoms with E-state index >= 15 is 0 Å². The van der Waals surface area contributed by atoms with Gasteiger partial charge in [-0.3, -0.25) is 4.79 Å². The number of hydrogen-bond donors (Lipinski definition) is 0. The van der Waals surface area contributed by atoms with E-state index in [-0.39, 0.29) is 5.91 Å². The van der Waals surface area contributed by atoms with Gasteiger partial charge in [0.2, 0.25) is 5.91 Å². The molecule has 1 heterocycles. The molecule has 0 unspecified atom stereocenters. The molecule has 1 aromatic heterocycles. The maximum Gasteiger partial charge on any atom is 0.337 e. The van der Waals surface area contributed by atoms with Crippen molar-refractivity contribution in [2.24, 2.45) is 4.99 Å². The van der Waals surface area contributed by atoms with Gasteiger partial charge in [0.25, 0.3) is 0 Å². The molecule has 31 heavy (non-hydrogen) atoms. The Balaban J connectivity index is 1.72. The number of carbonyl (C=O) groups is 2. The molecule has 0 fully saturated rings. The first-order valence-electron chi connectivity index (χ1n) is 9.68. The highest BCUT2D eigenvalue weighted by molar-refractivity contribution is 7.99. The van der Waals surface area contributed by atoms with Gasteiger partial charge in [-0.15, -0.1) is 11.8 Å². The summed E-state index contributed by atoms with van der Waals surface area (Å²) >= 11 is 8.96. The van der Waals surface area contributed by atoms with E-state index in [2.05, 4.69) is 4.99 Å². The van der Waals surface area contributed by atoms with Crippen LogP contribution in [0.25, 0.3) is 10.2 Å². The summed E-state index contributed by atoms with van der Waals surface area (Å²) in [4.78, 5) is 30.4. The molecule has 9 heteroatoms. The summed E-state index contributed by atoms with van der Waals surface area (Å²) < 4.78 is 12.8. The van der Waals surface area contributed by atoms with Crippen molar-refractivity contribution in [3.63, 3.8) is 0 Å². The second-order valence-electron chi connectivity index (χ2n) is 6.61. The lowest BCUT2D eigenvalue weighted by molar-refractivity contribution is -0.118. The third-order valence-electron chi connectivity index (χ3n) is 4.46. The van der Waals surface area contributed by atoms with Crippen molar-refractivity contribution in [2.45, 2.75) is 24.3 Å². The first-order valence-corrected chi connectivity index (χ1v) is 11.9. The number of benzene rings is 2. The van der Waals surface area contributed by atoms with E-state index in [4.69, 9.17) is 21.1 Å². The Kier molecular flexibility index (Phi) is 8.71. The second kappa shape index (κ2) is 11.5. The Morgan fingerprint density at radius 1 is 1.16 bits per heavy atom. The minimum absolute atomic E-state index is 0.164. The lowest BCUT2D eigenvalue weighted by atomic mass is 10.2. The molecule has 2 aromatic carbocycles. The standard InChI is InChI=1S/C22H23ClN2O4S2/c1-28-12-11-25-18-10-5-15(21(27)29-2)14-19(18)31-22(25)24-20(26)4-3-13-30-17-8-6-16(23)7-9-17/h5-10,14H,3-4,11-13H2,1-2H3. The molecule has 6 nitrogen and oxygen atoms in total. The Morgan fingerprint density at radius 3 is 2.65 bits per heavy atom. The number of ether oxygens (including phenoxy) is 2. The van der Waals surface area contributed by atoms with Gasteiger partial charge in [0.15, 0.2) is 4.80 Å². The number of carbonyl (C=O) groups excluding carboxylic acids is 2. The molecule has 0 radical (unpaired) electrons. The van der Waals surface area contributed by atoms with Crippen LogP contribution in [0.15, 0.2) is 52.4 Å². The van der Waals surface area contributed by atoms with Gasteiger partial charge in [-0.25, -0.2) is 4.79 Å². The van der Waals surface area contributed by atoms with Crippen LogP contribution in [0.1, 0.15) is 23.2 Å². The minimum atomic E-state index is -0.397. The molecule has 0 saturated heterocycles. The number of nitrogens with zero attached hydrogens (tertiary/aromatic N) is 2. The fraction of sp³-hybridized carbons (Fsp3) is 0.318. The van der Waals surface area contributed by atoms with Gasteiger partial charge < -0.3 is 14.0 Å². The van der Waals surface area contributed by atoms with Gasteiger partial charge in [-0.2, -0.15) is 4.99 Å². The molecule has 0 bridgehead atoms. The highest BCUT2D eigenvalue weighted by Crippen LogP contribution is 2.22. The molecule has 164 valence electrons. The van der Waals surface area contributed by atoms with E-state index in [1.54, 1.807) is 31.0 Å². The van der Waals surface area contributed by atoms with E-state index in [1.165, 1.54) is 18.4 Å². The van der Waals surface area contributed by atoms with Crippen LogP contribution in [0.3, 0.4) is 0 Å². The number of hydrogen-bond acceptors (Lipinski definition) is 6.